The van der Waals surface area contributed by atoms with E-state index in [4.69, 9.17) is 24.6 Å². The zero-order chi connectivity index (χ0) is 13.2. The number of hydrogen-bond donors (Lipinski definition) is 1. The molecule has 0 fully saturated rings. The molecule has 1 aromatic rings. The first kappa shape index (κ1) is 14.8. The first-order valence-corrected chi connectivity index (χ1v) is 6.18. The van der Waals surface area contributed by atoms with Gasteiger partial charge in [0.1, 0.15) is 12.7 Å². The Kier molecular flexibility index (Phi) is 7.18. The van der Waals surface area contributed by atoms with Crippen molar-refractivity contribution < 1.29 is 19.3 Å². The minimum absolute atomic E-state index is 0.00514. The number of benzene rings is 1. The van der Waals surface area contributed by atoms with Crippen LogP contribution in [0.25, 0.3) is 0 Å². The van der Waals surface area contributed by atoms with Crippen molar-refractivity contribution in [2.75, 3.05) is 33.0 Å². The van der Waals surface area contributed by atoms with Crippen LogP contribution in [0.4, 0.5) is 0 Å². The van der Waals surface area contributed by atoms with E-state index in [0.717, 1.165) is 4.47 Å². The zero-order valence-corrected chi connectivity index (χ0v) is 11.4. The number of aliphatic hydroxyl groups excluding tert-OH is 1. The fourth-order valence-electron chi connectivity index (χ4n) is 1.20. The van der Waals surface area contributed by atoms with E-state index in [0.29, 0.717) is 31.3 Å². The molecule has 0 radical (unpaired) electrons. The van der Waals surface area contributed by atoms with Crippen molar-refractivity contribution in [3.05, 3.63) is 22.7 Å². The molecule has 5 nitrogen and oxygen atoms in total. The van der Waals surface area contributed by atoms with Crippen LogP contribution in [0, 0.1) is 11.3 Å². The Bertz CT molecular complexity index is 406. The van der Waals surface area contributed by atoms with Crippen LogP contribution in [0.5, 0.6) is 11.5 Å². The molecule has 0 aliphatic rings. The average molecular weight is 316 g/mol. The van der Waals surface area contributed by atoms with Gasteiger partial charge in [-0.2, -0.15) is 5.26 Å². The summed E-state index contributed by atoms with van der Waals surface area (Å²) in [6.45, 7) is 0.989. The SMILES string of the molecule is N#CCOc1cc(Br)ccc1OCCOCCO. The third-order valence-corrected chi connectivity index (χ3v) is 2.41. The van der Waals surface area contributed by atoms with Gasteiger partial charge in [-0.3, -0.25) is 0 Å². The topological polar surface area (TPSA) is 71.7 Å². The lowest BCUT2D eigenvalue weighted by Crippen LogP contribution is -2.09. The molecular formula is C12H14BrNO4. The number of rotatable bonds is 8. The van der Waals surface area contributed by atoms with Gasteiger partial charge in [0.05, 0.1) is 19.8 Å². The van der Waals surface area contributed by atoms with Gasteiger partial charge in [-0.25, -0.2) is 0 Å². The summed E-state index contributed by atoms with van der Waals surface area (Å²) >= 11 is 3.32. The predicted octanol–water partition coefficient (Wildman–Crippen LogP) is 1.74. The Morgan fingerprint density at radius 2 is 2.00 bits per heavy atom. The van der Waals surface area contributed by atoms with E-state index >= 15 is 0 Å². The average Bonchev–Trinajstić information content (AvgIpc) is 2.38. The normalized spacial score (nSPS) is 9.83. The van der Waals surface area contributed by atoms with Crippen molar-refractivity contribution >= 4 is 15.9 Å². The summed E-state index contributed by atoms with van der Waals surface area (Å²) in [6.07, 6.45) is 0. The van der Waals surface area contributed by atoms with Crippen LogP contribution < -0.4 is 9.47 Å². The van der Waals surface area contributed by atoms with Gasteiger partial charge in [-0.15, -0.1) is 0 Å². The third-order valence-electron chi connectivity index (χ3n) is 1.92. The number of hydrogen-bond acceptors (Lipinski definition) is 5. The van der Waals surface area contributed by atoms with Gasteiger partial charge in [-0.1, -0.05) is 15.9 Å². The van der Waals surface area contributed by atoms with E-state index in [9.17, 15) is 0 Å². The number of ether oxygens (including phenoxy) is 3. The lowest BCUT2D eigenvalue weighted by molar-refractivity contribution is 0.0698. The molecule has 1 aromatic carbocycles. The van der Waals surface area contributed by atoms with Crippen LogP contribution in [0.3, 0.4) is 0 Å². The molecule has 1 N–H and O–H groups in total. The number of nitrogens with zero attached hydrogens (tertiary/aromatic N) is 1. The molecule has 1 rings (SSSR count). The second-order valence-corrected chi connectivity index (χ2v) is 4.14. The Balaban J connectivity index is 2.50. The van der Waals surface area contributed by atoms with Crippen molar-refractivity contribution in [1.29, 1.82) is 5.26 Å². The van der Waals surface area contributed by atoms with Gasteiger partial charge in [0, 0.05) is 4.47 Å². The van der Waals surface area contributed by atoms with E-state index in [1.54, 1.807) is 12.1 Å². The first-order valence-electron chi connectivity index (χ1n) is 5.38. The molecule has 18 heavy (non-hydrogen) atoms. The van der Waals surface area contributed by atoms with E-state index in [1.807, 2.05) is 12.1 Å². The fourth-order valence-corrected chi connectivity index (χ4v) is 1.54. The van der Waals surface area contributed by atoms with Crippen molar-refractivity contribution in [3.8, 4) is 17.6 Å². The molecule has 0 spiro atoms. The molecule has 0 aliphatic heterocycles. The van der Waals surface area contributed by atoms with Crippen LogP contribution in [0.2, 0.25) is 0 Å². The van der Waals surface area contributed by atoms with Crippen molar-refractivity contribution in [1.82, 2.24) is 0 Å². The third kappa shape index (κ3) is 5.36. The quantitative estimate of drug-likeness (QED) is 0.740. The molecule has 0 atom stereocenters. The predicted molar refractivity (Wildman–Crippen MR) is 68.6 cm³/mol. The zero-order valence-electron chi connectivity index (χ0n) is 9.76. The van der Waals surface area contributed by atoms with Crippen LogP contribution in [-0.2, 0) is 4.74 Å². The van der Waals surface area contributed by atoms with E-state index in [2.05, 4.69) is 15.9 Å². The summed E-state index contributed by atoms with van der Waals surface area (Å²) in [5.74, 6) is 1.06. The molecule has 6 heteroatoms. The molecule has 0 aromatic heterocycles. The highest BCUT2D eigenvalue weighted by Crippen LogP contribution is 2.30. The molecule has 0 unspecified atom stereocenters. The van der Waals surface area contributed by atoms with E-state index in [-0.39, 0.29) is 13.2 Å². The molecule has 0 saturated heterocycles. The highest BCUT2D eigenvalue weighted by Gasteiger charge is 2.05. The first-order chi connectivity index (χ1) is 8.77. The van der Waals surface area contributed by atoms with Gasteiger partial charge in [0.25, 0.3) is 0 Å². The van der Waals surface area contributed by atoms with Crippen LogP contribution in [0.15, 0.2) is 22.7 Å². The highest BCUT2D eigenvalue weighted by atomic mass is 79.9. The molecule has 0 heterocycles. The summed E-state index contributed by atoms with van der Waals surface area (Å²) in [4.78, 5) is 0. The monoisotopic (exact) mass is 315 g/mol. The van der Waals surface area contributed by atoms with Gasteiger partial charge < -0.3 is 19.3 Å². The largest absolute Gasteiger partial charge is 0.487 e. The molecule has 0 bridgehead atoms. The lowest BCUT2D eigenvalue weighted by Gasteiger charge is -2.11. The molecule has 0 saturated carbocycles. The van der Waals surface area contributed by atoms with Gasteiger partial charge in [-0.05, 0) is 18.2 Å². The second kappa shape index (κ2) is 8.75. The van der Waals surface area contributed by atoms with Crippen molar-refractivity contribution in [3.63, 3.8) is 0 Å². The Labute approximate surface area is 114 Å². The van der Waals surface area contributed by atoms with Crippen molar-refractivity contribution in [2.45, 2.75) is 0 Å². The summed E-state index contributed by atoms with van der Waals surface area (Å²) < 4.78 is 16.6. The fraction of sp³-hybridized carbons (Fsp3) is 0.417. The van der Waals surface area contributed by atoms with Crippen LogP contribution in [0.1, 0.15) is 0 Å². The van der Waals surface area contributed by atoms with Gasteiger partial charge in [0.2, 0.25) is 0 Å². The Morgan fingerprint density at radius 3 is 2.72 bits per heavy atom. The summed E-state index contributed by atoms with van der Waals surface area (Å²) in [6, 6.07) is 7.21. The highest BCUT2D eigenvalue weighted by molar-refractivity contribution is 9.10. The molecule has 0 aliphatic carbocycles. The van der Waals surface area contributed by atoms with Crippen LogP contribution in [-0.4, -0.2) is 38.1 Å². The maximum Gasteiger partial charge on any atom is 0.174 e. The van der Waals surface area contributed by atoms with E-state index in [1.165, 1.54) is 0 Å². The molecule has 0 amide bonds. The minimum atomic E-state index is -0.0339. The molecule has 98 valence electrons. The smallest absolute Gasteiger partial charge is 0.174 e. The van der Waals surface area contributed by atoms with E-state index < -0.39 is 0 Å². The van der Waals surface area contributed by atoms with Gasteiger partial charge >= 0.3 is 0 Å². The maximum atomic E-state index is 8.53. The number of halogens is 1. The standard InChI is InChI=1S/C12H14BrNO4/c13-10-1-2-11(12(9-10)17-5-3-14)18-8-7-16-6-4-15/h1-2,9,15H,4-8H2. The maximum absolute atomic E-state index is 8.53. The van der Waals surface area contributed by atoms with Crippen molar-refractivity contribution in [2.24, 2.45) is 0 Å². The molecular weight excluding hydrogens is 302 g/mol. The number of aliphatic hydroxyl groups is 1. The number of nitriles is 1. The summed E-state index contributed by atoms with van der Waals surface area (Å²) in [5.41, 5.74) is 0. The minimum Gasteiger partial charge on any atom is -0.487 e. The second-order valence-electron chi connectivity index (χ2n) is 3.22. The summed E-state index contributed by atoms with van der Waals surface area (Å²) in [5, 5.41) is 17.0. The Hall–Kier alpha value is -1.29. The van der Waals surface area contributed by atoms with Gasteiger partial charge in [0.15, 0.2) is 18.1 Å². The van der Waals surface area contributed by atoms with Crippen LogP contribution >= 0.6 is 15.9 Å². The summed E-state index contributed by atoms with van der Waals surface area (Å²) in [7, 11) is 0. The Morgan fingerprint density at radius 1 is 1.17 bits per heavy atom. The lowest BCUT2D eigenvalue weighted by atomic mass is 10.3.